The molecule has 3 fully saturated rings. The van der Waals surface area contributed by atoms with E-state index in [9.17, 15) is 19.0 Å². The molecule has 5 N–H and O–H groups in total. The monoisotopic (exact) mass is 711 g/mol. The fourth-order valence-corrected chi connectivity index (χ4v) is 8.17. The molecule has 0 radical (unpaired) electrons. The minimum absolute atomic E-state index is 0.111. The van der Waals surface area contributed by atoms with Gasteiger partial charge in [0.25, 0.3) is 11.1 Å². The van der Waals surface area contributed by atoms with Gasteiger partial charge in [0.05, 0.1) is 25.9 Å². The van der Waals surface area contributed by atoms with Crippen molar-refractivity contribution < 1.29 is 45.8 Å². The summed E-state index contributed by atoms with van der Waals surface area (Å²) >= 11 is 9.11. The molecule has 19 nitrogen and oxygen atoms in total. The van der Waals surface area contributed by atoms with Crippen molar-refractivity contribution in [1.29, 1.82) is 0 Å². The Hall–Kier alpha value is -2.69. The summed E-state index contributed by atoms with van der Waals surface area (Å²) in [6.07, 6.45) is -7.01. The zero-order chi connectivity index (χ0) is 31.9. The van der Waals surface area contributed by atoms with Gasteiger partial charge in [0, 0.05) is 0 Å². The Morgan fingerprint density at radius 2 is 1.84 bits per heavy atom. The average molecular weight is 712 g/mol. The minimum Gasteiger partial charge on any atom is -0.369 e. The molecule has 0 aliphatic carbocycles. The zero-order valence-corrected chi connectivity index (χ0v) is 25.7. The normalized spacial score (nSPS) is 37.7. The number of nitrogens with zero attached hydrogens (tertiary/aromatic N) is 6. The predicted octanol–water partition coefficient (Wildman–Crippen LogP) is 0.163. The van der Waals surface area contributed by atoms with Gasteiger partial charge in [0.15, 0.2) is 40.8 Å². The SMILES string of the molecule is Nc1nc2c(ncn2[C@@H]2O[C@@H]3COP(O)(=S)O[C@@H]4[C@@H](COP(=O)(S)O[C@@H]2[C@H]3F)OCC4(F)n2cnc3c(=O)[nH]cnc32)c(=O)[nH]1. The number of alkyl halides is 2. The van der Waals surface area contributed by atoms with Crippen LogP contribution < -0.4 is 16.9 Å². The molecule has 0 spiro atoms. The number of anilines is 1. The highest BCUT2D eigenvalue weighted by Gasteiger charge is 2.58. The third-order valence-corrected chi connectivity index (χ3v) is 10.5. The van der Waals surface area contributed by atoms with Gasteiger partial charge < -0.3 is 29.6 Å². The summed E-state index contributed by atoms with van der Waals surface area (Å²) in [5.41, 5.74) is 3.67. The van der Waals surface area contributed by atoms with Gasteiger partial charge in [-0.2, -0.15) is 4.98 Å². The fourth-order valence-electron chi connectivity index (χ4n) is 5.28. The van der Waals surface area contributed by atoms with E-state index < -0.39 is 87.1 Å². The second-order valence-corrected chi connectivity index (χ2v) is 15.8. The van der Waals surface area contributed by atoms with E-state index >= 15 is 8.78 Å². The number of nitrogens with two attached hydrogens (primary N) is 1. The maximum atomic E-state index is 16.8. The van der Waals surface area contributed by atoms with Gasteiger partial charge in [-0.15, -0.1) is 0 Å². The van der Waals surface area contributed by atoms with Gasteiger partial charge in [-0.25, -0.2) is 28.3 Å². The Kier molecular flexibility index (Phi) is 7.53. The number of thiol groups is 1. The molecule has 0 amide bonds. The van der Waals surface area contributed by atoms with E-state index in [0.717, 1.165) is 28.1 Å². The van der Waals surface area contributed by atoms with Gasteiger partial charge >= 0.3 is 13.5 Å². The first-order valence-corrected chi connectivity index (χ1v) is 18.1. The third kappa shape index (κ3) is 5.34. The van der Waals surface area contributed by atoms with Crippen LogP contribution in [0.25, 0.3) is 22.3 Å². The number of fused-ring (bicyclic) bond motifs is 5. The molecule has 242 valence electrons. The topological polar surface area (TPSA) is 246 Å². The summed E-state index contributed by atoms with van der Waals surface area (Å²) in [6.45, 7) is -11.2. The van der Waals surface area contributed by atoms with Crippen molar-refractivity contribution in [2.24, 2.45) is 0 Å². The summed E-state index contributed by atoms with van der Waals surface area (Å²) in [7, 11) is 0. The number of ether oxygens (including phenoxy) is 2. The molecule has 0 aromatic carbocycles. The lowest BCUT2D eigenvalue weighted by atomic mass is 10.1. The molecule has 3 aliphatic rings. The van der Waals surface area contributed by atoms with Crippen LogP contribution in [0.2, 0.25) is 0 Å². The lowest BCUT2D eigenvalue weighted by Gasteiger charge is -2.32. The minimum atomic E-state index is -4.51. The highest BCUT2D eigenvalue weighted by Crippen LogP contribution is 2.59. The van der Waals surface area contributed by atoms with Crippen LogP contribution in [0.3, 0.4) is 0 Å². The van der Waals surface area contributed by atoms with Crippen LogP contribution >= 0.6 is 25.8 Å². The van der Waals surface area contributed by atoms with Crippen LogP contribution in [0.5, 0.6) is 0 Å². The van der Waals surface area contributed by atoms with Crippen LogP contribution in [-0.4, -0.2) is 94.3 Å². The van der Waals surface area contributed by atoms with Crippen LogP contribution in [-0.2, 0) is 49.7 Å². The number of hydrogen-bond donors (Lipinski definition) is 5. The summed E-state index contributed by atoms with van der Waals surface area (Å²) in [5, 5.41) is 0. The van der Waals surface area contributed by atoms with E-state index in [1.54, 1.807) is 0 Å². The highest BCUT2D eigenvalue weighted by molar-refractivity contribution is 8.44. The van der Waals surface area contributed by atoms with E-state index in [-0.39, 0.29) is 28.3 Å². The molecular formula is C20H21F2N9O10P2S2. The maximum absolute atomic E-state index is 16.8. The van der Waals surface area contributed by atoms with Gasteiger partial charge in [-0.3, -0.25) is 37.3 Å². The number of nitrogens with one attached hydrogen (secondary N) is 2. The smallest absolute Gasteiger partial charge is 0.369 e. The fraction of sp³-hybridized carbons (Fsp3) is 0.500. The summed E-state index contributed by atoms with van der Waals surface area (Å²) < 4.78 is 81.4. The first-order valence-electron chi connectivity index (χ1n) is 12.8. The van der Waals surface area contributed by atoms with E-state index in [0.29, 0.717) is 0 Å². The number of aromatic amines is 2. The van der Waals surface area contributed by atoms with Crippen molar-refractivity contribution in [1.82, 2.24) is 39.0 Å². The molecule has 0 saturated carbocycles. The lowest BCUT2D eigenvalue weighted by Crippen LogP contribution is -2.45. The van der Waals surface area contributed by atoms with Crippen molar-refractivity contribution in [2.45, 2.75) is 42.6 Å². The van der Waals surface area contributed by atoms with Gasteiger partial charge in [0.2, 0.25) is 11.7 Å². The van der Waals surface area contributed by atoms with Crippen molar-refractivity contribution in [3.63, 3.8) is 0 Å². The Morgan fingerprint density at radius 3 is 2.64 bits per heavy atom. The van der Waals surface area contributed by atoms with Crippen molar-refractivity contribution >= 4 is 65.8 Å². The Balaban J connectivity index is 1.23. The van der Waals surface area contributed by atoms with Crippen LogP contribution in [0, 0.1) is 0 Å². The first-order chi connectivity index (χ1) is 21.3. The Bertz CT molecular complexity index is 2030. The number of aromatic nitrogens is 8. The highest BCUT2D eigenvalue weighted by atomic mass is 32.7. The Labute approximate surface area is 258 Å². The lowest BCUT2D eigenvalue weighted by molar-refractivity contribution is -0.0611. The van der Waals surface area contributed by atoms with E-state index in [4.69, 9.17) is 45.1 Å². The second-order valence-electron chi connectivity index (χ2n) is 10.1. The molecule has 3 saturated heterocycles. The zero-order valence-electron chi connectivity index (χ0n) is 22.2. The summed E-state index contributed by atoms with van der Waals surface area (Å²) in [4.78, 5) is 55.9. The largest absolute Gasteiger partial charge is 0.386 e. The maximum Gasteiger partial charge on any atom is 0.386 e. The molecule has 9 atom stereocenters. The molecule has 4 aromatic heterocycles. The van der Waals surface area contributed by atoms with Crippen LogP contribution in [0.15, 0.2) is 28.6 Å². The molecule has 7 heterocycles. The molecule has 7 rings (SSSR count). The number of H-pyrrole nitrogens is 2. The molecule has 3 aliphatic heterocycles. The van der Waals surface area contributed by atoms with Gasteiger partial charge in [0.1, 0.15) is 31.2 Å². The number of rotatable bonds is 2. The van der Waals surface area contributed by atoms with Crippen molar-refractivity contribution in [2.75, 3.05) is 25.6 Å². The quantitative estimate of drug-likeness (QED) is 0.137. The number of halogens is 2. The van der Waals surface area contributed by atoms with E-state index in [1.807, 2.05) is 0 Å². The van der Waals surface area contributed by atoms with Crippen molar-refractivity contribution in [3.8, 4) is 0 Å². The standard InChI is InChI=1S/C20H21F2N9O10P2S2/c21-9-7-1-37-43(35,45)41-13-8(36-3-20(13,22)31-6-27-10-14(31)24-4-25-16(10)32)2-38-42(34,44)40-12(9)18(39-7)30-5-26-11-15(30)28-19(23)29-17(11)33/h4-9,12-13,18H,1-3H2,(H,34,44)(H,35,45)(H,24,25,32)(H3,23,28,29,33)/t7-,8-,9+,12-,13-,18-,20?,42?,43?/m1/s1. The third-order valence-electron chi connectivity index (χ3n) is 7.31. The molecule has 3 unspecified atom stereocenters. The van der Waals surface area contributed by atoms with Crippen LogP contribution in [0.4, 0.5) is 14.7 Å². The molecule has 4 aromatic rings. The van der Waals surface area contributed by atoms with E-state index in [2.05, 4.69) is 42.2 Å². The molecule has 25 heteroatoms. The average Bonchev–Trinajstić information content (AvgIpc) is 3.73. The molecular weight excluding hydrogens is 690 g/mol. The first kappa shape index (κ1) is 30.9. The number of nitrogen functional groups attached to an aromatic ring is 1. The summed E-state index contributed by atoms with van der Waals surface area (Å²) in [6, 6.07) is 0. The molecule has 2 bridgehead atoms. The van der Waals surface area contributed by atoms with Gasteiger partial charge in [-0.05, 0) is 11.8 Å². The second kappa shape index (κ2) is 10.9. The number of imidazole rings is 2. The Morgan fingerprint density at radius 1 is 1.11 bits per heavy atom. The summed E-state index contributed by atoms with van der Waals surface area (Å²) in [5.74, 6) is -2.98. The van der Waals surface area contributed by atoms with Crippen molar-refractivity contribution in [3.05, 3.63) is 39.7 Å². The number of hydrogen-bond acceptors (Lipinski definition) is 15. The van der Waals surface area contributed by atoms with Gasteiger partial charge in [-0.1, -0.05) is 12.2 Å². The predicted molar refractivity (Wildman–Crippen MR) is 153 cm³/mol. The molecule has 45 heavy (non-hydrogen) atoms. The van der Waals surface area contributed by atoms with E-state index in [1.165, 1.54) is 0 Å². The van der Waals surface area contributed by atoms with Crippen LogP contribution in [0.1, 0.15) is 6.23 Å².